The van der Waals surface area contributed by atoms with Gasteiger partial charge in [0.15, 0.2) is 10.9 Å². The van der Waals surface area contributed by atoms with Crippen LogP contribution in [0, 0.1) is 20.8 Å². The fourth-order valence-electron chi connectivity index (χ4n) is 3.20. The maximum Gasteiger partial charge on any atom is 0.243 e. The third kappa shape index (κ3) is 5.64. The molecule has 0 bridgehead atoms. The minimum Gasteiger partial charge on any atom is -0.461 e. The second-order valence-electron chi connectivity index (χ2n) is 7.07. The van der Waals surface area contributed by atoms with Crippen LogP contribution in [0.3, 0.4) is 0 Å². The van der Waals surface area contributed by atoms with Crippen LogP contribution in [0.4, 0.5) is 5.69 Å². The zero-order chi connectivity index (χ0) is 22.4. The van der Waals surface area contributed by atoms with E-state index in [0.29, 0.717) is 23.3 Å². The maximum absolute atomic E-state index is 12.3. The Morgan fingerprint density at radius 3 is 2.58 bits per heavy atom. The summed E-state index contributed by atoms with van der Waals surface area (Å²) in [4.78, 5) is 24.5. The van der Waals surface area contributed by atoms with Crippen LogP contribution >= 0.6 is 11.8 Å². The van der Waals surface area contributed by atoms with Crippen molar-refractivity contribution in [3.05, 3.63) is 59.9 Å². The van der Waals surface area contributed by atoms with E-state index < -0.39 is 0 Å². The van der Waals surface area contributed by atoms with E-state index in [0.717, 1.165) is 22.4 Å². The van der Waals surface area contributed by atoms with Gasteiger partial charge in [0.1, 0.15) is 0 Å². The van der Waals surface area contributed by atoms with Crippen LogP contribution in [0.2, 0.25) is 0 Å². The summed E-state index contributed by atoms with van der Waals surface area (Å²) < 4.78 is 7.21. The van der Waals surface area contributed by atoms with Crippen molar-refractivity contribution in [2.24, 2.45) is 0 Å². The van der Waals surface area contributed by atoms with Crippen LogP contribution in [0.15, 0.2) is 52.8 Å². The lowest BCUT2D eigenvalue weighted by atomic mass is 10.1. The highest BCUT2D eigenvalue weighted by Gasteiger charge is 2.17. The van der Waals surface area contributed by atoms with Gasteiger partial charge in [0.25, 0.3) is 0 Å². The average Bonchev–Trinajstić information content (AvgIpc) is 3.38. The predicted molar refractivity (Wildman–Crippen MR) is 121 cm³/mol. The number of carbonyl (C=O) groups excluding carboxylic acids is 2. The molecule has 1 aromatic carbocycles. The number of allylic oxidation sites excluding steroid dienone is 1. The first-order chi connectivity index (χ1) is 14.9. The molecule has 2 amide bonds. The maximum atomic E-state index is 12.3. The van der Waals surface area contributed by atoms with Gasteiger partial charge in [0, 0.05) is 12.2 Å². The Morgan fingerprint density at radius 2 is 1.94 bits per heavy atom. The van der Waals surface area contributed by atoms with E-state index in [1.807, 2.05) is 37.5 Å². The van der Waals surface area contributed by atoms with Gasteiger partial charge < -0.3 is 15.1 Å². The number of aromatic nitrogens is 3. The van der Waals surface area contributed by atoms with Crippen molar-refractivity contribution in [2.45, 2.75) is 32.5 Å². The number of hydrogen-bond donors (Lipinski definition) is 2. The molecule has 0 radical (unpaired) electrons. The number of aryl methyl sites for hydroxylation is 3. The van der Waals surface area contributed by atoms with Gasteiger partial charge in [-0.15, -0.1) is 16.8 Å². The van der Waals surface area contributed by atoms with Gasteiger partial charge in [-0.05, 0) is 44.0 Å². The number of nitrogens with zero attached hydrogens (tertiary/aromatic N) is 3. The van der Waals surface area contributed by atoms with E-state index in [4.69, 9.17) is 4.42 Å². The Kier molecular flexibility index (Phi) is 7.30. The van der Waals surface area contributed by atoms with Crippen molar-refractivity contribution in [3.63, 3.8) is 0 Å². The molecule has 0 unspecified atom stereocenters. The normalized spacial score (nSPS) is 10.7. The predicted octanol–water partition coefficient (Wildman–Crippen LogP) is 3.50. The van der Waals surface area contributed by atoms with Crippen molar-refractivity contribution < 1.29 is 14.0 Å². The van der Waals surface area contributed by atoms with E-state index in [1.165, 1.54) is 11.8 Å². The molecule has 0 fully saturated rings. The van der Waals surface area contributed by atoms with Crippen molar-refractivity contribution in [3.8, 4) is 11.6 Å². The largest absolute Gasteiger partial charge is 0.461 e. The van der Waals surface area contributed by atoms with Crippen molar-refractivity contribution in [1.82, 2.24) is 20.1 Å². The van der Waals surface area contributed by atoms with Gasteiger partial charge in [0.2, 0.25) is 17.6 Å². The summed E-state index contributed by atoms with van der Waals surface area (Å²) in [5, 5.41) is 14.4. The van der Waals surface area contributed by atoms with Gasteiger partial charge in [0.05, 0.1) is 18.6 Å². The van der Waals surface area contributed by atoms with Crippen LogP contribution < -0.4 is 10.6 Å². The summed E-state index contributed by atoms with van der Waals surface area (Å²) in [6.45, 7) is 10.0. The lowest BCUT2D eigenvalue weighted by Gasteiger charge is -2.13. The molecule has 0 aliphatic rings. The molecule has 0 saturated carbocycles. The summed E-state index contributed by atoms with van der Waals surface area (Å²) >= 11 is 1.23. The first-order valence-electron chi connectivity index (χ1n) is 9.74. The van der Waals surface area contributed by atoms with E-state index in [-0.39, 0.29) is 24.1 Å². The molecule has 0 saturated heterocycles. The fourth-order valence-corrected chi connectivity index (χ4v) is 3.98. The number of furan rings is 1. The van der Waals surface area contributed by atoms with Crippen molar-refractivity contribution >= 4 is 29.3 Å². The molecule has 0 atom stereocenters. The molecule has 9 heteroatoms. The summed E-state index contributed by atoms with van der Waals surface area (Å²) in [5.41, 5.74) is 3.89. The SMILES string of the molecule is C=CCn1c(SCC(=O)NCC(=O)Nc2c(C)cc(C)cc2C)nnc1-c1ccco1. The number of amides is 2. The van der Waals surface area contributed by atoms with Crippen molar-refractivity contribution in [2.75, 3.05) is 17.6 Å². The minimum absolute atomic E-state index is 0.100. The van der Waals surface area contributed by atoms with E-state index in [9.17, 15) is 9.59 Å². The Labute approximate surface area is 185 Å². The molecule has 3 rings (SSSR count). The quantitative estimate of drug-likeness (QED) is 0.391. The number of thioether (sulfide) groups is 1. The van der Waals surface area contributed by atoms with E-state index >= 15 is 0 Å². The third-order valence-electron chi connectivity index (χ3n) is 4.49. The van der Waals surface area contributed by atoms with Gasteiger partial charge in [-0.25, -0.2) is 0 Å². The molecule has 2 aromatic heterocycles. The zero-order valence-electron chi connectivity index (χ0n) is 17.8. The smallest absolute Gasteiger partial charge is 0.243 e. The van der Waals surface area contributed by atoms with Gasteiger partial charge in [-0.3, -0.25) is 14.2 Å². The standard InChI is InChI=1S/C22H25N5O3S/c1-5-8-27-21(17-7-6-9-30-17)25-26-22(27)31-13-19(29)23-12-18(28)24-20-15(3)10-14(2)11-16(20)4/h5-7,9-11H,1,8,12-13H2,2-4H3,(H,23,29)(H,24,28). The summed E-state index contributed by atoms with van der Waals surface area (Å²) in [5.74, 6) is 0.706. The highest BCUT2D eigenvalue weighted by molar-refractivity contribution is 7.99. The Morgan fingerprint density at radius 1 is 1.19 bits per heavy atom. The van der Waals surface area contributed by atoms with Crippen LogP contribution in [-0.4, -0.2) is 38.9 Å². The van der Waals surface area contributed by atoms with Gasteiger partial charge in [-0.2, -0.15) is 0 Å². The first kappa shape index (κ1) is 22.4. The zero-order valence-corrected chi connectivity index (χ0v) is 18.6. The van der Waals surface area contributed by atoms with Gasteiger partial charge in [-0.1, -0.05) is 35.5 Å². The Hall–Kier alpha value is -3.33. The van der Waals surface area contributed by atoms with Crippen LogP contribution in [0.1, 0.15) is 16.7 Å². The second kappa shape index (κ2) is 10.1. The number of benzene rings is 1. The third-order valence-corrected chi connectivity index (χ3v) is 5.46. The van der Waals surface area contributed by atoms with E-state index in [2.05, 4.69) is 27.4 Å². The Bertz CT molecular complexity index is 1070. The minimum atomic E-state index is -0.275. The lowest BCUT2D eigenvalue weighted by molar-refractivity contribution is -0.122. The molecule has 0 aliphatic carbocycles. The molecular formula is C22H25N5O3S. The number of nitrogens with one attached hydrogen (secondary N) is 2. The topological polar surface area (TPSA) is 102 Å². The van der Waals surface area contributed by atoms with Crippen molar-refractivity contribution in [1.29, 1.82) is 0 Å². The lowest BCUT2D eigenvalue weighted by Crippen LogP contribution is -2.34. The molecule has 2 N–H and O–H groups in total. The van der Waals surface area contributed by atoms with Gasteiger partial charge >= 0.3 is 0 Å². The highest BCUT2D eigenvalue weighted by atomic mass is 32.2. The number of rotatable bonds is 9. The summed E-state index contributed by atoms with van der Waals surface area (Å²) in [7, 11) is 0. The average molecular weight is 440 g/mol. The molecule has 0 aliphatic heterocycles. The summed E-state index contributed by atoms with van der Waals surface area (Å²) in [6, 6.07) is 7.58. The molecule has 2 heterocycles. The molecule has 162 valence electrons. The molecular weight excluding hydrogens is 414 g/mol. The number of anilines is 1. The fraction of sp³-hybridized carbons (Fsp3) is 0.273. The van der Waals surface area contributed by atoms with Crippen LogP contribution in [0.5, 0.6) is 0 Å². The molecule has 3 aromatic rings. The monoisotopic (exact) mass is 439 g/mol. The highest BCUT2D eigenvalue weighted by Crippen LogP contribution is 2.24. The number of carbonyl (C=O) groups is 2. The van der Waals surface area contributed by atoms with Crippen LogP contribution in [-0.2, 0) is 16.1 Å². The Balaban J connectivity index is 1.54. The van der Waals surface area contributed by atoms with E-state index in [1.54, 1.807) is 24.5 Å². The molecule has 0 spiro atoms. The molecule has 8 nitrogen and oxygen atoms in total. The van der Waals surface area contributed by atoms with Crippen LogP contribution in [0.25, 0.3) is 11.6 Å². The first-order valence-corrected chi connectivity index (χ1v) is 10.7. The summed E-state index contributed by atoms with van der Waals surface area (Å²) in [6.07, 6.45) is 3.28. The number of hydrogen-bond acceptors (Lipinski definition) is 6. The second-order valence-corrected chi connectivity index (χ2v) is 8.01. The molecule has 31 heavy (non-hydrogen) atoms.